The summed E-state index contributed by atoms with van der Waals surface area (Å²) >= 11 is 4.26. The van der Waals surface area contributed by atoms with Crippen molar-refractivity contribution in [2.24, 2.45) is 11.8 Å². The van der Waals surface area contributed by atoms with Crippen molar-refractivity contribution in [2.75, 3.05) is 0 Å². The Hall–Kier alpha value is -0.690. The van der Waals surface area contributed by atoms with E-state index in [1.165, 1.54) is 0 Å². The Kier molecular flexibility index (Phi) is 3.64. The number of hydrogen-bond acceptors (Lipinski definition) is 3. The van der Waals surface area contributed by atoms with E-state index in [1.54, 1.807) is 12.2 Å². The second-order valence-electron chi connectivity index (χ2n) is 4.08. The number of carbonyl (C=O) groups excluding carboxylic acids is 2. The monoisotopic (exact) mass is 299 g/mol. The Morgan fingerprint density at radius 2 is 1.72 bits per heavy atom. The van der Waals surface area contributed by atoms with Crippen LogP contribution in [0.3, 0.4) is 0 Å². The molecule has 0 radical (unpaired) electrons. The standard InChI is InChI=1S/C10H9ClF3NO2S/c11-9(12)10(13,14)18-15-7(16)5-3-1-2-4-6(5)8(15)17/h1-2,5-6,9H,3-4H2. The molecule has 2 aliphatic rings. The highest BCUT2D eigenvalue weighted by Gasteiger charge is 2.53. The van der Waals surface area contributed by atoms with Gasteiger partial charge in [-0.05, 0) is 12.8 Å². The van der Waals surface area contributed by atoms with E-state index in [0.717, 1.165) is 0 Å². The molecule has 3 unspecified atom stereocenters. The number of alkyl halides is 4. The minimum absolute atomic E-state index is 0.345. The molecule has 1 heterocycles. The van der Waals surface area contributed by atoms with Gasteiger partial charge >= 0.3 is 5.25 Å². The first-order valence-electron chi connectivity index (χ1n) is 5.22. The normalized spacial score (nSPS) is 29.7. The van der Waals surface area contributed by atoms with Crippen molar-refractivity contribution in [3.63, 3.8) is 0 Å². The van der Waals surface area contributed by atoms with Gasteiger partial charge in [-0.3, -0.25) is 9.59 Å². The third-order valence-electron chi connectivity index (χ3n) is 2.93. The molecule has 1 aliphatic carbocycles. The highest BCUT2D eigenvalue weighted by molar-refractivity contribution is 7.99. The summed E-state index contributed by atoms with van der Waals surface area (Å²) in [4.78, 5) is 23.6. The van der Waals surface area contributed by atoms with E-state index in [1.807, 2.05) is 0 Å². The third-order valence-corrected chi connectivity index (χ3v) is 4.33. The average Bonchev–Trinajstić information content (AvgIpc) is 2.55. The second kappa shape index (κ2) is 4.77. The average molecular weight is 300 g/mol. The lowest BCUT2D eigenvalue weighted by molar-refractivity contribution is -0.133. The first-order valence-corrected chi connectivity index (χ1v) is 6.43. The van der Waals surface area contributed by atoms with Gasteiger partial charge in [-0.2, -0.15) is 8.78 Å². The molecular formula is C10H9ClF3NO2S. The lowest BCUT2D eigenvalue weighted by atomic mass is 9.85. The van der Waals surface area contributed by atoms with E-state index in [-0.39, 0.29) is 0 Å². The summed E-state index contributed by atoms with van der Waals surface area (Å²) in [5.41, 5.74) is -2.95. The van der Waals surface area contributed by atoms with Gasteiger partial charge in [0.1, 0.15) is 0 Å². The quantitative estimate of drug-likeness (QED) is 0.348. The predicted molar refractivity (Wildman–Crippen MR) is 60.5 cm³/mol. The molecule has 0 N–H and O–H groups in total. The number of allylic oxidation sites excluding steroid dienone is 2. The van der Waals surface area contributed by atoms with Crippen LogP contribution < -0.4 is 0 Å². The Labute approximate surface area is 110 Å². The summed E-state index contributed by atoms with van der Waals surface area (Å²) in [6.45, 7) is 0. The summed E-state index contributed by atoms with van der Waals surface area (Å²) in [6.07, 6.45) is 4.16. The number of rotatable bonds is 3. The zero-order valence-corrected chi connectivity index (χ0v) is 10.6. The summed E-state index contributed by atoms with van der Waals surface area (Å²) < 4.78 is 39.1. The van der Waals surface area contributed by atoms with Crippen LogP contribution in [0.4, 0.5) is 13.2 Å². The number of hydrogen-bond donors (Lipinski definition) is 0. The molecule has 0 aromatic heterocycles. The van der Waals surface area contributed by atoms with Gasteiger partial charge in [0.2, 0.25) is 17.4 Å². The molecule has 3 nitrogen and oxygen atoms in total. The van der Waals surface area contributed by atoms with Crippen molar-refractivity contribution in [3.05, 3.63) is 12.2 Å². The molecule has 1 fully saturated rings. The molecule has 2 rings (SSSR count). The smallest absolute Gasteiger partial charge is 0.273 e. The van der Waals surface area contributed by atoms with E-state index in [0.29, 0.717) is 17.1 Å². The fourth-order valence-electron chi connectivity index (χ4n) is 2.02. The molecule has 0 spiro atoms. The van der Waals surface area contributed by atoms with Crippen LogP contribution in [0.15, 0.2) is 12.2 Å². The van der Waals surface area contributed by atoms with Crippen LogP contribution in [0.25, 0.3) is 0 Å². The van der Waals surface area contributed by atoms with Crippen LogP contribution in [0.2, 0.25) is 0 Å². The highest BCUT2D eigenvalue weighted by Crippen LogP contribution is 2.45. The molecule has 2 amide bonds. The van der Waals surface area contributed by atoms with Crippen LogP contribution in [0.1, 0.15) is 12.8 Å². The number of amides is 2. The van der Waals surface area contributed by atoms with Crippen LogP contribution in [0.5, 0.6) is 0 Å². The van der Waals surface area contributed by atoms with Gasteiger partial charge in [0.25, 0.3) is 0 Å². The van der Waals surface area contributed by atoms with Crippen LogP contribution in [-0.2, 0) is 9.59 Å². The van der Waals surface area contributed by atoms with Crippen molar-refractivity contribution in [3.8, 4) is 0 Å². The molecule has 0 saturated carbocycles. The first-order chi connectivity index (χ1) is 8.34. The van der Waals surface area contributed by atoms with Gasteiger partial charge in [-0.15, -0.1) is 0 Å². The van der Waals surface area contributed by atoms with Crippen molar-refractivity contribution in [1.29, 1.82) is 0 Å². The molecule has 1 saturated heterocycles. The Bertz CT molecular complexity index is 390. The van der Waals surface area contributed by atoms with Gasteiger partial charge in [-0.25, -0.2) is 8.70 Å². The largest absolute Gasteiger partial charge is 0.356 e. The zero-order chi connectivity index (χ0) is 13.5. The van der Waals surface area contributed by atoms with Crippen molar-refractivity contribution < 1.29 is 22.8 Å². The van der Waals surface area contributed by atoms with Gasteiger partial charge < -0.3 is 0 Å². The van der Waals surface area contributed by atoms with Crippen molar-refractivity contribution in [2.45, 2.75) is 23.7 Å². The topological polar surface area (TPSA) is 37.4 Å². The summed E-state index contributed by atoms with van der Waals surface area (Å²) in [6, 6.07) is 0. The fourth-order valence-corrected chi connectivity index (χ4v) is 2.91. The lowest BCUT2D eigenvalue weighted by Gasteiger charge is -2.20. The van der Waals surface area contributed by atoms with Crippen molar-refractivity contribution >= 4 is 35.4 Å². The Morgan fingerprint density at radius 1 is 1.28 bits per heavy atom. The molecule has 18 heavy (non-hydrogen) atoms. The van der Waals surface area contributed by atoms with Gasteiger partial charge in [0, 0.05) is 11.9 Å². The van der Waals surface area contributed by atoms with E-state index in [9.17, 15) is 22.8 Å². The van der Waals surface area contributed by atoms with Gasteiger partial charge in [0.15, 0.2) is 0 Å². The van der Waals surface area contributed by atoms with Crippen LogP contribution in [-0.4, -0.2) is 27.0 Å². The van der Waals surface area contributed by atoms with Crippen LogP contribution in [0, 0.1) is 11.8 Å². The molecule has 0 aromatic carbocycles. The Balaban J connectivity index is 2.16. The lowest BCUT2D eigenvalue weighted by Crippen LogP contribution is -2.33. The molecule has 8 heteroatoms. The molecule has 0 bridgehead atoms. The number of nitrogens with zero attached hydrogens (tertiary/aromatic N) is 1. The second-order valence-corrected chi connectivity index (χ2v) is 5.56. The first kappa shape index (κ1) is 13.7. The number of halogens is 4. The molecule has 100 valence electrons. The Morgan fingerprint density at radius 3 is 2.11 bits per heavy atom. The summed E-state index contributed by atoms with van der Waals surface area (Å²) in [5, 5.41) is -4.01. The van der Waals surface area contributed by atoms with E-state index >= 15 is 0 Å². The summed E-state index contributed by atoms with van der Waals surface area (Å²) in [7, 11) is 0. The summed E-state index contributed by atoms with van der Waals surface area (Å²) in [5.74, 6) is -2.62. The minimum Gasteiger partial charge on any atom is -0.273 e. The molecular weight excluding hydrogens is 291 g/mol. The number of imide groups is 1. The molecule has 0 aromatic rings. The maximum atomic E-state index is 13.1. The van der Waals surface area contributed by atoms with E-state index in [2.05, 4.69) is 0 Å². The van der Waals surface area contributed by atoms with E-state index < -0.39 is 46.5 Å². The maximum absolute atomic E-state index is 13.1. The van der Waals surface area contributed by atoms with E-state index in [4.69, 9.17) is 11.6 Å². The molecule has 3 atom stereocenters. The third kappa shape index (κ3) is 2.25. The van der Waals surface area contributed by atoms with Gasteiger partial charge in [0.05, 0.1) is 11.8 Å². The number of fused-ring (bicyclic) bond motifs is 1. The minimum atomic E-state index is -4.01. The zero-order valence-electron chi connectivity index (χ0n) is 8.98. The predicted octanol–water partition coefficient (Wildman–Crippen LogP) is 2.71. The SMILES string of the molecule is O=C1C2CC=CCC2C(=O)N1SC(F)(F)C(F)Cl. The fraction of sp³-hybridized carbons (Fsp3) is 0.600. The highest BCUT2D eigenvalue weighted by atomic mass is 35.5. The molecule has 1 aliphatic heterocycles. The number of carbonyl (C=O) groups is 2. The van der Waals surface area contributed by atoms with Gasteiger partial charge in [-0.1, -0.05) is 23.8 Å². The van der Waals surface area contributed by atoms with Crippen molar-refractivity contribution in [1.82, 2.24) is 4.31 Å². The van der Waals surface area contributed by atoms with Crippen LogP contribution >= 0.6 is 23.5 Å². The maximum Gasteiger partial charge on any atom is 0.356 e.